The second-order valence-electron chi connectivity index (χ2n) is 14.3. The van der Waals surface area contributed by atoms with Crippen LogP contribution >= 0.6 is 0 Å². The van der Waals surface area contributed by atoms with Gasteiger partial charge in [0.15, 0.2) is 5.84 Å². The van der Waals surface area contributed by atoms with E-state index in [-0.39, 0.29) is 11.5 Å². The summed E-state index contributed by atoms with van der Waals surface area (Å²) in [5.41, 5.74) is 14.7. The summed E-state index contributed by atoms with van der Waals surface area (Å²) >= 11 is 0. The van der Waals surface area contributed by atoms with Crippen molar-refractivity contribution in [2.45, 2.75) is 52.5 Å². The van der Waals surface area contributed by atoms with E-state index < -0.39 is 0 Å². The highest BCUT2D eigenvalue weighted by atomic mass is 15.0. The number of rotatable bonds is 5. The van der Waals surface area contributed by atoms with Gasteiger partial charge in [-0.15, -0.1) is 0 Å². The fourth-order valence-electron chi connectivity index (χ4n) is 8.09. The standard InChI is InChI=1S/C48H43N3/c1-31-30-37-24-17-29-42-44(37)45(39-26-14-15-28-41(39)48(42,4)5)43(31)40-27-16-23-35-20-12-13-25-38(35)46(40)50-33(3)51-47(36-21-10-7-11-22-36)49-32(2)34-18-8-6-9-19-34/h6-26,28-30,32H,27H2,1-5H3,(H,49,50,51). The first-order valence-corrected chi connectivity index (χ1v) is 18.0. The molecule has 0 amide bonds. The van der Waals surface area contributed by atoms with Gasteiger partial charge in [0, 0.05) is 16.5 Å². The number of hydrogen-bond acceptors (Lipinski definition) is 1. The van der Waals surface area contributed by atoms with E-state index in [4.69, 9.17) is 9.98 Å². The van der Waals surface area contributed by atoms with Gasteiger partial charge in [0.2, 0.25) is 0 Å². The summed E-state index contributed by atoms with van der Waals surface area (Å²) in [4.78, 5) is 10.4. The predicted molar refractivity (Wildman–Crippen MR) is 217 cm³/mol. The van der Waals surface area contributed by atoms with Gasteiger partial charge in [-0.2, -0.15) is 0 Å². The van der Waals surface area contributed by atoms with E-state index in [0.717, 1.165) is 34.6 Å². The molecule has 51 heavy (non-hydrogen) atoms. The summed E-state index contributed by atoms with van der Waals surface area (Å²) in [6, 6.07) is 47.6. The summed E-state index contributed by atoms with van der Waals surface area (Å²) in [6.45, 7) is 11.2. The number of aryl methyl sites for hydroxylation is 1. The molecule has 1 atom stereocenters. The van der Waals surface area contributed by atoms with E-state index in [9.17, 15) is 0 Å². The van der Waals surface area contributed by atoms with Gasteiger partial charge in [-0.3, -0.25) is 4.99 Å². The van der Waals surface area contributed by atoms with Crippen LogP contribution < -0.4 is 5.32 Å². The summed E-state index contributed by atoms with van der Waals surface area (Å²) in [6.07, 6.45) is 5.36. The van der Waals surface area contributed by atoms with Crippen LogP contribution in [0.2, 0.25) is 0 Å². The minimum Gasteiger partial charge on any atom is -0.343 e. The maximum Gasteiger partial charge on any atom is 0.157 e. The molecule has 1 N–H and O–H groups in total. The summed E-state index contributed by atoms with van der Waals surface area (Å²) in [5.74, 6) is 1.49. The van der Waals surface area contributed by atoms with E-state index in [0.29, 0.717) is 5.84 Å². The highest BCUT2D eigenvalue weighted by Gasteiger charge is 2.35. The van der Waals surface area contributed by atoms with Crippen LogP contribution in [0.25, 0.3) is 39.2 Å². The molecule has 0 saturated carbocycles. The number of nitrogens with zero attached hydrogens (tertiary/aromatic N) is 2. The lowest BCUT2D eigenvalue weighted by Gasteiger charge is -2.37. The molecule has 2 aliphatic rings. The second kappa shape index (κ2) is 13.2. The smallest absolute Gasteiger partial charge is 0.157 e. The zero-order valence-electron chi connectivity index (χ0n) is 30.0. The molecule has 6 aromatic carbocycles. The molecule has 0 saturated heterocycles. The fraction of sp³-hybridized carbons (Fsp3) is 0.167. The van der Waals surface area contributed by atoms with Gasteiger partial charge in [-0.1, -0.05) is 159 Å². The van der Waals surface area contributed by atoms with Crippen molar-refractivity contribution in [3.05, 3.63) is 184 Å². The van der Waals surface area contributed by atoms with Crippen LogP contribution in [-0.4, -0.2) is 11.7 Å². The highest BCUT2D eigenvalue weighted by molar-refractivity contribution is 6.13. The number of fused-ring (bicyclic) bond motifs is 3. The Morgan fingerprint density at radius 1 is 0.725 bits per heavy atom. The van der Waals surface area contributed by atoms with Crippen LogP contribution in [0.15, 0.2) is 150 Å². The number of aliphatic imine (C=N–C) groups is 2. The number of amidine groups is 2. The summed E-state index contributed by atoms with van der Waals surface area (Å²) < 4.78 is 0. The van der Waals surface area contributed by atoms with Crippen molar-refractivity contribution in [3.63, 3.8) is 0 Å². The third-order valence-corrected chi connectivity index (χ3v) is 10.6. The SMILES string of the molecule is CC(=NC(=NC(C)c1ccccc1)c1ccccc1)NC1=C(c2c(C)cc3cccc4c3c2-c2ccccc2C4(C)C)CC=Cc2ccccc21. The Bertz CT molecular complexity index is 2410. The highest BCUT2D eigenvalue weighted by Crippen LogP contribution is 2.52. The van der Waals surface area contributed by atoms with E-state index in [1.54, 1.807) is 0 Å². The van der Waals surface area contributed by atoms with Gasteiger partial charge < -0.3 is 5.32 Å². The predicted octanol–water partition coefficient (Wildman–Crippen LogP) is 12.0. The third-order valence-electron chi connectivity index (χ3n) is 10.6. The van der Waals surface area contributed by atoms with Crippen molar-refractivity contribution >= 4 is 39.8 Å². The molecule has 0 bridgehead atoms. The first kappa shape index (κ1) is 32.4. The van der Waals surface area contributed by atoms with E-state index in [1.807, 2.05) is 24.3 Å². The Kier molecular flexibility index (Phi) is 8.36. The molecule has 250 valence electrons. The monoisotopic (exact) mass is 661 g/mol. The average molecular weight is 662 g/mol. The molecule has 2 aliphatic carbocycles. The molecule has 0 radical (unpaired) electrons. The van der Waals surface area contributed by atoms with Crippen LogP contribution in [0, 0.1) is 6.92 Å². The van der Waals surface area contributed by atoms with Crippen molar-refractivity contribution in [2.75, 3.05) is 0 Å². The number of allylic oxidation sites excluding steroid dienone is 2. The lowest BCUT2D eigenvalue weighted by atomic mass is 9.66. The molecule has 6 aromatic rings. The Hall–Kier alpha value is -5.80. The molecule has 0 heterocycles. The average Bonchev–Trinajstić information content (AvgIpc) is 3.33. The van der Waals surface area contributed by atoms with Crippen LogP contribution in [0.1, 0.15) is 84.7 Å². The first-order valence-electron chi connectivity index (χ1n) is 18.0. The zero-order valence-corrected chi connectivity index (χ0v) is 30.0. The van der Waals surface area contributed by atoms with Gasteiger partial charge in [0.1, 0.15) is 5.84 Å². The number of benzene rings is 6. The largest absolute Gasteiger partial charge is 0.343 e. The van der Waals surface area contributed by atoms with Crippen molar-refractivity contribution < 1.29 is 0 Å². The molecule has 0 spiro atoms. The maximum atomic E-state index is 5.23. The Morgan fingerprint density at radius 2 is 1.39 bits per heavy atom. The molecule has 3 heteroatoms. The quantitative estimate of drug-likeness (QED) is 0.145. The van der Waals surface area contributed by atoms with E-state index >= 15 is 0 Å². The normalized spacial score (nSPS) is 15.6. The van der Waals surface area contributed by atoms with Crippen molar-refractivity contribution in [1.29, 1.82) is 0 Å². The topological polar surface area (TPSA) is 36.8 Å². The Labute approximate surface area is 301 Å². The second-order valence-corrected chi connectivity index (χ2v) is 14.3. The van der Waals surface area contributed by atoms with Crippen LogP contribution in [-0.2, 0) is 5.41 Å². The minimum absolute atomic E-state index is 0.0533. The maximum absolute atomic E-state index is 5.23. The third kappa shape index (κ3) is 5.83. The van der Waals surface area contributed by atoms with E-state index in [1.165, 1.54) is 55.3 Å². The van der Waals surface area contributed by atoms with Crippen LogP contribution in [0.3, 0.4) is 0 Å². The molecule has 8 rings (SSSR count). The van der Waals surface area contributed by atoms with Crippen molar-refractivity contribution in [1.82, 2.24) is 5.32 Å². The molecule has 0 fully saturated rings. The van der Waals surface area contributed by atoms with Gasteiger partial charge in [-0.05, 0) is 88.0 Å². The Morgan fingerprint density at radius 3 is 2.18 bits per heavy atom. The molecule has 0 aromatic heterocycles. The van der Waals surface area contributed by atoms with E-state index in [2.05, 4.69) is 161 Å². The van der Waals surface area contributed by atoms with Crippen LogP contribution in [0.4, 0.5) is 0 Å². The number of hydrogen-bond donors (Lipinski definition) is 1. The molecule has 1 unspecified atom stereocenters. The summed E-state index contributed by atoms with van der Waals surface area (Å²) in [5, 5.41) is 6.53. The number of nitrogens with one attached hydrogen (secondary N) is 1. The van der Waals surface area contributed by atoms with Gasteiger partial charge in [-0.25, -0.2) is 4.99 Å². The lowest BCUT2D eigenvalue weighted by Crippen LogP contribution is -2.25. The van der Waals surface area contributed by atoms with Gasteiger partial charge >= 0.3 is 0 Å². The first-order chi connectivity index (χ1) is 24.8. The lowest BCUT2D eigenvalue weighted by molar-refractivity contribution is 0.645. The van der Waals surface area contributed by atoms with Gasteiger partial charge in [0.05, 0.1) is 11.7 Å². The zero-order chi connectivity index (χ0) is 35.1. The molecule has 3 nitrogen and oxygen atoms in total. The van der Waals surface area contributed by atoms with Gasteiger partial charge in [0.25, 0.3) is 0 Å². The molecular formula is C48H43N3. The summed E-state index contributed by atoms with van der Waals surface area (Å²) in [7, 11) is 0. The Balaban J connectivity index is 1.36. The van der Waals surface area contributed by atoms with Crippen molar-refractivity contribution in [2.24, 2.45) is 9.98 Å². The molecule has 0 aliphatic heterocycles. The minimum atomic E-state index is -0.117. The van der Waals surface area contributed by atoms with Crippen molar-refractivity contribution in [3.8, 4) is 11.1 Å². The van der Waals surface area contributed by atoms with Crippen LogP contribution in [0.5, 0.6) is 0 Å². The molecular weight excluding hydrogens is 619 g/mol. The fourth-order valence-corrected chi connectivity index (χ4v) is 8.09.